The van der Waals surface area contributed by atoms with Crippen LogP contribution in [0.2, 0.25) is 0 Å². The largest absolute Gasteiger partial charge is 0.493 e. The molecule has 4 nitrogen and oxygen atoms in total. The predicted octanol–water partition coefficient (Wildman–Crippen LogP) is 3.75. The van der Waals surface area contributed by atoms with Crippen LogP contribution in [0.1, 0.15) is 23.8 Å². The van der Waals surface area contributed by atoms with Crippen molar-refractivity contribution in [1.82, 2.24) is 4.90 Å². The highest BCUT2D eigenvalue weighted by Crippen LogP contribution is 2.28. The van der Waals surface area contributed by atoms with E-state index in [4.69, 9.17) is 9.47 Å². The summed E-state index contributed by atoms with van der Waals surface area (Å²) in [6, 6.07) is 9.87. The predicted molar refractivity (Wildman–Crippen MR) is 93.3 cm³/mol. The lowest BCUT2D eigenvalue weighted by atomic mass is 10.1. The second-order valence-electron chi connectivity index (χ2n) is 5.18. The fourth-order valence-corrected chi connectivity index (χ4v) is 3.13. The third-order valence-electron chi connectivity index (χ3n) is 3.74. The minimum atomic E-state index is 0.177. The first kappa shape index (κ1) is 17.3. The van der Waals surface area contributed by atoms with Gasteiger partial charge in [0.2, 0.25) is 5.91 Å². The molecule has 0 spiro atoms. The number of carbonyl (C=O) groups is 1. The van der Waals surface area contributed by atoms with Crippen molar-refractivity contribution in [3.8, 4) is 11.5 Å². The maximum atomic E-state index is 12.4. The molecular formula is C18H23NO3S. The quantitative estimate of drug-likeness (QED) is 0.738. The monoisotopic (exact) mass is 333 g/mol. The van der Waals surface area contributed by atoms with Gasteiger partial charge in [0.25, 0.3) is 0 Å². The Balaban J connectivity index is 1.94. The molecule has 2 aromatic rings. The average Bonchev–Trinajstić information content (AvgIpc) is 3.10. The lowest BCUT2D eigenvalue weighted by Crippen LogP contribution is -2.30. The molecule has 0 bridgehead atoms. The van der Waals surface area contributed by atoms with Gasteiger partial charge in [0, 0.05) is 17.8 Å². The Morgan fingerprint density at radius 2 is 1.96 bits per heavy atom. The molecule has 1 aromatic heterocycles. The van der Waals surface area contributed by atoms with E-state index in [0.29, 0.717) is 30.9 Å². The highest BCUT2D eigenvalue weighted by atomic mass is 32.1. The van der Waals surface area contributed by atoms with E-state index in [1.165, 1.54) is 4.88 Å². The molecule has 0 radical (unpaired) electrons. The fraction of sp³-hybridized carbons (Fsp3) is 0.389. The summed E-state index contributed by atoms with van der Waals surface area (Å²) in [5.41, 5.74) is 1.07. The number of hydrogen-bond acceptors (Lipinski definition) is 4. The highest BCUT2D eigenvalue weighted by Gasteiger charge is 2.13. The maximum absolute atomic E-state index is 12.4. The number of benzene rings is 1. The first-order valence-electron chi connectivity index (χ1n) is 7.69. The fourth-order valence-electron chi connectivity index (χ4n) is 2.41. The minimum Gasteiger partial charge on any atom is -0.493 e. The molecule has 1 aromatic carbocycles. The Morgan fingerprint density at radius 3 is 2.57 bits per heavy atom. The SMILES string of the molecule is CCN(Cc1cccs1)C(=O)CCc1ccc(OC)c(OC)c1. The number of nitrogens with zero attached hydrogens (tertiary/aromatic N) is 1. The Kier molecular flexibility index (Phi) is 6.47. The molecular weight excluding hydrogens is 310 g/mol. The molecule has 0 N–H and O–H groups in total. The van der Waals surface area contributed by atoms with Crippen molar-refractivity contribution in [2.75, 3.05) is 20.8 Å². The number of aryl methyl sites for hydroxylation is 1. The molecule has 0 aliphatic carbocycles. The molecule has 0 saturated carbocycles. The number of rotatable bonds is 8. The van der Waals surface area contributed by atoms with Crippen LogP contribution in [-0.2, 0) is 17.8 Å². The van der Waals surface area contributed by atoms with E-state index in [-0.39, 0.29) is 5.91 Å². The van der Waals surface area contributed by atoms with Gasteiger partial charge < -0.3 is 14.4 Å². The number of amides is 1. The molecule has 0 aliphatic heterocycles. The van der Waals surface area contributed by atoms with Crippen LogP contribution >= 0.6 is 11.3 Å². The van der Waals surface area contributed by atoms with Gasteiger partial charge in [-0.2, -0.15) is 0 Å². The smallest absolute Gasteiger partial charge is 0.223 e. The van der Waals surface area contributed by atoms with E-state index in [9.17, 15) is 4.79 Å². The molecule has 1 amide bonds. The number of ether oxygens (including phenoxy) is 2. The van der Waals surface area contributed by atoms with Crippen LogP contribution in [0.5, 0.6) is 11.5 Å². The van der Waals surface area contributed by atoms with E-state index >= 15 is 0 Å². The van der Waals surface area contributed by atoms with Gasteiger partial charge in [-0.15, -0.1) is 11.3 Å². The van der Waals surface area contributed by atoms with Gasteiger partial charge in [0.05, 0.1) is 20.8 Å². The van der Waals surface area contributed by atoms with Crippen LogP contribution in [-0.4, -0.2) is 31.6 Å². The van der Waals surface area contributed by atoms with Crippen LogP contribution < -0.4 is 9.47 Å². The summed E-state index contributed by atoms with van der Waals surface area (Å²) in [6.07, 6.45) is 1.19. The van der Waals surface area contributed by atoms with E-state index in [1.807, 2.05) is 41.5 Å². The van der Waals surface area contributed by atoms with E-state index < -0.39 is 0 Å². The van der Waals surface area contributed by atoms with Gasteiger partial charge in [0.15, 0.2) is 11.5 Å². The molecule has 0 atom stereocenters. The first-order chi connectivity index (χ1) is 11.2. The van der Waals surface area contributed by atoms with Crippen LogP contribution in [0, 0.1) is 0 Å². The molecule has 0 aliphatic rings. The van der Waals surface area contributed by atoms with Gasteiger partial charge in [-0.1, -0.05) is 12.1 Å². The van der Waals surface area contributed by atoms with Crippen LogP contribution in [0.4, 0.5) is 0 Å². The van der Waals surface area contributed by atoms with Crippen molar-refractivity contribution >= 4 is 17.2 Å². The van der Waals surface area contributed by atoms with Crippen molar-refractivity contribution in [3.63, 3.8) is 0 Å². The molecule has 0 saturated heterocycles. The standard InChI is InChI=1S/C18H23NO3S/c1-4-19(13-15-6-5-11-23-15)18(20)10-8-14-7-9-16(21-2)17(12-14)22-3/h5-7,9,11-12H,4,8,10,13H2,1-3H3. The van der Waals surface area contributed by atoms with Crippen molar-refractivity contribution in [2.45, 2.75) is 26.3 Å². The van der Waals surface area contributed by atoms with Crippen LogP contribution in [0.25, 0.3) is 0 Å². The lowest BCUT2D eigenvalue weighted by Gasteiger charge is -2.20. The van der Waals surface area contributed by atoms with Gasteiger partial charge >= 0.3 is 0 Å². The topological polar surface area (TPSA) is 38.8 Å². The lowest BCUT2D eigenvalue weighted by molar-refractivity contribution is -0.131. The minimum absolute atomic E-state index is 0.177. The maximum Gasteiger partial charge on any atom is 0.223 e. The Morgan fingerprint density at radius 1 is 1.17 bits per heavy atom. The average molecular weight is 333 g/mol. The molecule has 0 fully saturated rings. The van der Waals surface area contributed by atoms with E-state index in [2.05, 4.69) is 6.07 Å². The third-order valence-corrected chi connectivity index (χ3v) is 4.60. The normalized spacial score (nSPS) is 10.4. The second kappa shape index (κ2) is 8.58. The van der Waals surface area contributed by atoms with Gasteiger partial charge in [-0.05, 0) is 42.5 Å². The molecule has 2 rings (SSSR count). The van der Waals surface area contributed by atoms with Gasteiger partial charge in [-0.25, -0.2) is 0 Å². The third kappa shape index (κ3) is 4.73. The summed E-state index contributed by atoms with van der Waals surface area (Å²) < 4.78 is 10.5. The van der Waals surface area contributed by atoms with Gasteiger partial charge in [0.1, 0.15) is 0 Å². The number of hydrogen-bond donors (Lipinski definition) is 0. The summed E-state index contributed by atoms with van der Waals surface area (Å²) in [5, 5.41) is 2.04. The number of thiophene rings is 1. The molecule has 23 heavy (non-hydrogen) atoms. The highest BCUT2D eigenvalue weighted by molar-refractivity contribution is 7.09. The second-order valence-corrected chi connectivity index (χ2v) is 6.21. The Bertz CT molecular complexity index is 625. The summed E-state index contributed by atoms with van der Waals surface area (Å²) in [4.78, 5) is 15.5. The Hall–Kier alpha value is -2.01. The van der Waals surface area contributed by atoms with Crippen molar-refractivity contribution in [1.29, 1.82) is 0 Å². The van der Waals surface area contributed by atoms with Crippen molar-refractivity contribution in [2.24, 2.45) is 0 Å². The number of methoxy groups -OCH3 is 2. The zero-order valence-corrected chi connectivity index (χ0v) is 14.7. The first-order valence-corrected chi connectivity index (χ1v) is 8.57. The summed E-state index contributed by atoms with van der Waals surface area (Å²) in [6.45, 7) is 3.43. The zero-order chi connectivity index (χ0) is 16.7. The van der Waals surface area contributed by atoms with E-state index in [0.717, 1.165) is 12.1 Å². The molecule has 0 unspecified atom stereocenters. The summed E-state index contributed by atoms with van der Waals surface area (Å²) >= 11 is 1.68. The number of carbonyl (C=O) groups excluding carboxylic acids is 1. The van der Waals surface area contributed by atoms with Gasteiger partial charge in [-0.3, -0.25) is 4.79 Å². The van der Waals surface area contributed by atoms with Crippen molar-refractivity contribution < 1.29 is 14.3 Å². The zero-order valence-electron chi connectivity index (χ0n) is 13.9. The Labute approximate surface area is 141 Å². The summed E-state index contributed by atoms with van der Waals surface area (Å²) in [7, 11) is 3.23. The van der Waals surface area contributed by atoms with Crippen LogP contribution in [0.3, 0.4) is 0 Å². The molecule has 1 heterocycles. The summed E-state index contributed by atoms with van der Waals surface area (Å²) in [5.74, 6) is 1.58. The molecule has 124 valence electrons. The van der Waals surface area contributed by atoms with E-state index in [1.54, 1.807) is 25.6 Å². The van der Waals surface area contributed by atoms with Crippen molar-refractivity contribution in [3.05, 3.63) is 46.2 Å². The molecule has 5 heteroatoms. The van der Waals surface area contributed by atoms with Crippen LogP contribution in [0.15, 0.2) is 35.7 Å².